The van der Waals surface area contributed by atoms with Crippen LogP contribution in [0.25, 0.3) is 0 Å². The third-order valence-corrected chi connectivity index (χ3v) is 6.14. The molecule has 3 rings (SSSR count). The van der Waals surface area contributed by atoms with Crippen molar-refractivity contribution in [1.82, 2.24) is 4.98 Å². The van der Waals surface area contributed by atoms with Gasteiger partial charge in [0.05, 0.1) is 16.1 Å². The third-order valence-electron chi connectivity index (χ3n) is 4.76. The fourth-order valence-electron chi connectivity index (χ4n) is 2.95. The Kier molecular flexibility index (Phi) is 7.26. The van der Waals surface area contributed by atoms with E-state index in [9.17, 15) is 26.8 Å². The number of benzene rings is 2. The van der Waals surface area contributed by atoms with Crippen molar-refractivity contribution < 1.29 is 26.8 Å². The quantitative estimate of drug-likeness (QED) is 0.453. The summed E-state index contributed by atoms with van der Waals surface area (Å²) in [6, 6.07) is 10.5. The van der Waals surface area contributed by atoms with Crippen LogP contribution in [0.15, 0.2) is 59.6 Å². The Bertz CT molecular complexity index is 1330. The highest BCUT2D eigenvalue weighted by Gasteiger charge is 2.22. The molecule has 0 unspecified atom stereocenters. The zero-order valence-corrected chi connectivity index (χ0v) is 19.3. The lowest BCUT2D eigenvalue weighted by Gasteiger charge is -2.14. The molecule has 1 aromatic heterocycles. The highest BCUT2D eigenvalue weighted by molar-refractivity contribution is 7.92. The fourth-order valence-corrected chi connectivity index (χ4v) is 4.01. The molecular weight excluding hydrogens is 466 g/mol. The number of nitrogens with one attached hydrogen (secondary N) is 3. The summed E-state index contributed by atoms with van der Waals surface area (Å²) < 4.78 is 56.7. The number of halogens is 2. The van der Waals surface area contributed by atoms with Gasteiger partial charge in [0.2, 0.25) is 5.91 Å². The standard InChI is InChI=1S/C23H22F2N4O4S/c1-13(2)15-4-7-17(8-5-15)34(32,33)29-19-10-9-18(24)22(21(19)25)28-23(31)16-6-11-20(26-12-16)27-14(3)30/h4-13,29H,1-3H3,(H,28,31)(H,26,27,30). The number of aromatic nitrogens is 1. The summed E-state index contributed by atoms with van der Waals surface area (Å²) in [5.74, 6) is -3.24. The summed E-state index contributed by atoms with van der Waals surface area (Å²) in [6.45, 7) is 5.20. The first-order valence-electron chi connectivity index (χ1n) is 10.1. The zero-order valence-electron chi connectivity index (χ0n) is 18.5. The van der Waals surface area contributed by atoms with E-state index >= 15 is 0 Å². The number of rotatable bonds is 7. The van der Waals surface area contributed by atoms with Crippen LogP contribution in [0.1, 0.15) is 42.6 Å². The number of carbonyl (C=O) groups is 2. The van der Waals surface area contributed by atoms with Crippen molar-refractivity contribution in [2.24, 2.45) is 0 Å². The van der Waals surface area contributed by atoms with E-state index in [1.165, 1.54) is 31.2 Å². The zero-order chi connectivity index (χ0) is 25.0. The average molecular weight is 489 g/mol. The third kappa shape index (κ3) is 5.73. The Morgan fingerprint density at radius 3 is 2.18 bits per heavy atom. The van der Waals surface area contributed by atoms with E-state index in [4.69, 9.17) is 0 Å². The topological polar surface area (TPSA) is 117 Å². The Morgan fingerprint density at radius 2 is 1.62 bits per heavy atom. The highest BCUT2D eigenvalue weighted by atomic mass is 32.2. The molecule has 2 amide bonds. The molecule has 0 bridgehead atoms. The Labute approximate surface area is 195 Å². The van der Waals surface area contributed by atoms with E-state index in [2.05, 4.69) is 20.3 Å². The minimum absolute atomic E-state index is 0.0378. The van der Waals surface area contributed by atoms with Gasteiger partial charge in [0.15, 0.2) is 5.82 Å². The minimum Gasteiger partial charge on any atom is -0.317 e. The van der Waals surface area contributed by atoms with E-state index in [1.807, 2.05) is 13.8 Å². The molecule has 178 valence electrons. The van der Waals surface area contributed by atoms with Gasteiger partial charge >= 0.3 is 0 Å². The summed E-state index contributed by atoms with van der Waals surface area (Å²) in [7, 11) is -4.17. The van der Waals surface area contributed by atoms with Crippen LogP contribution in [0.5, 0.6) is 0 Å². The molecule has 0 aliphatic carbocycles. The summed E-state index contributed by atoms with van der Waals surface area (Å²) in [5, 5.41) is 4.51. The first-order chi connectivity index (χ1) is 16.0. The molecule has 3 aromatic rings. The lowest BCUT2D eigenvalue weighted by atomic mass is 10.0. The summed E-state index contributed by atoms with van der Waals surface area (Å²) in [4.78, 5) is 27.3. The molecular formula is C23H22F2N4O4S. The van der Waals surface area contributed by atoms with Crippen molar-refractivity contribution in [2.75, 3.05) is 15.4 Å². The van der Waals surface area contributed by atoms with Crippen molar-refractivity contribution in [3.8, 4) is 0 Å². The second-order valence-electron chi connectivity index (χ2n) is 7.68. The first-order valence-corrected chi connectivity index (χ1v) is 11.6. The predicted molar refractivity (Wildman–Crippen MR) is 124 cm³/mol. The summed E-state index contributed by atoms with van der Waals surface area (Å²) >= 11 is 0. The molecule has 1 heterocycles. The van der Waals surface area contributed by atoms with Gasteiger partial charge in [-0.1, -0.05) is 26.0 Å². The second-order valence-corrected chi connectivity index (χ2v) is 9.36. The Balaban J connectivity index is 1.82. The fraction of sp³-hybridized carbons (Fsp3) is 0.174. The van der Waals surface area contributed by atoms with Gasteiger partial charge in [0, 0.05) is 13.1 Å². The second kappa shape index (κ2) is 9.96. The van der Waals surface area contributed by atoms with Crippen LogP contribution in [-0.2, 0) is 14.8 Å². The maximum atomic E-state index is 15.0. The molecule has 0 aliphatic rings. The minimum atomic E-state index is -4.17. The average Bonchev–Trinajstić information content (AvgIpc) is 2.78. The smallest absolute Gasteiger partial charge is 0.261 e. The number of amides is 2. The number of hydrogen-bond donors (Lipinski definition) is 3. The van der Waals surface area contributed by atoms with E-state index in [0.717, 1.165) is 23.9 Å². The number of pyridine rings is 1. The lowest BCUT2D eigenvalue weighted by molar-refractivity contribution is -0.114. The van der Waals surface area contributed by atoms with E-state index < -0.39 is 38.9 Å². The summed E-state index contributed by atoms with van der Waals surface area (Å²) in [6.07, 6.45) is 1.11. The lowest BCUT2D eigenvalue weighted by Crippen LogP contribution is -2.18. The first kappa shape index (κ1) is 24.8. The van der Waals surface area contributed by atoms with Gasteiger partial charge in [-0.2, -0.15) is 0 Å². The van der Waals surface area contributed by atoms with Crippen molar-refractivity contribution >= 4 is 39.0 Å². The number of sulfonamides is 1. The number of nitrogens with zero attached hydrogens (tertiary/aromatic N) is 1. The number of carbonyl (C=O) groups excluding carboxylic acids is 2. The van der Waals surface area contributed by atoms with Crippen molar-refractivity contribution in [3.05, 3.63) is 77.5 Å². The van der Waals surface area contributed by atoms with Crippen LogP contribution >= 0.6 is 0 Å². The van der Waals surface area contributed by atoms with Crippen LogP contribution in [0.3, 0.4) is 0 Å². The predicted octanol–water partition coefficient (Wildman–Crippen LogP) is 4.49. The van der Waals surface area contributed by atoms with Gasteiger partial charge in [0.1, 0.15) is 17.3 Å². The molecule has 0 aliphatic heterocycles. The summed E-state index contributed by atoms with van der Waals surface area (Å²) in [5.41, 5.74) is -0.476. The number of anilines is 3. The molecule has 11 heteroatoms. The maximum Gasteiger partial charge on any atom is 0.261 e. The molecule has 0 saturated heterocycles. The molecule has 0 spiro atoms. The molecule has 0 saturated carbocycles. The van der Waals surface area contributed by atoms with Gasteiger partial charge in [-0.3, -0.25) is 14.3 Å². The van der Waals surface area contributed by atoms with E-state index in [-0.39, 0.29) is 28.1 Å². The molecule has 34 heavy (non-hydrogen) atoms. The molecule has 0 fully saturated rings. The van der Waals surface area contributed by atoms with E-state index in [1.54, 1.807) is 12.1 Å². The van der Waals surface area contributed by atoms with Gasteiger partial charge in [-0.05, 0) is 47.9 Å². The van der Waals surface area contributed by atoms with Crippen molar-refractivity contribution in [3.63, 3.8) is 0 Å². The van der Waals surface area contributed by atoms with Crippen LogP contribution in [0.4, 0.5) is 26.0 Å². The molecule has 3 N–H and O–H groups in total. The van der Waals surface area contributed by atoms with Crippen LogP contribution in [0, 0.1) is 11.6 Å². The normalized spacial score (nSPS) is 11.2. The van der Waals surface area contributed by atoms with Gasteiger partial charge in [-0.25, -0.2) is 22.2 Å². The maximum absolute atomic E-state index is 15.0. The van der Waals surface area contributed by atoms with Gasteiger partial charge in [0.25, 0.3) is 15.9 Å². The van der Waals surface area contributed by atoms with E-state index in [0.29, 0.717) is 0 Å². The molecule has 2 aromatic carbocycles. The van der Waals surface area contributed by atoms with Gasteiger partial charge in [-0.15, -0.1) is 0 Å². The monoisotopic (exact) mass is 488 g/mol. The SMILES string of the molecule is CC(=O)Nc1ccc(C(=O)Nc2c(F)ccc(NS(=O)(=O)c3ccc(C(C)C)cc3)c2F)cn1. The molecule has 0 radical (unpaired) electrons. The van der Waals surface area contributed by atoms with Crippen LogP contribution in [0.2, 0.25) is 0 Å². The van der Waals surface area contributed by atoms with Crippen molar-refractivity contribution in [2.45, 2.75) is 31.6 Å². The molecule has 8 nitrogen and oxygen atoms in total. The van der Waals surface area contributed by atoms with Crippen LogP contribution in [-0.4, -0.2) is 25.2 Å². The largest absolute Gasteiger partial charge is 0.317 e. The Morgan fingerprint density at radius 1 is 0.941 bits per heavy atom. The highest BCUT2D eigenvalue weighted by Crippen LogP contribution is 2.28. The van der Waals surface area contributed by atoms with Crippen molar-refractivity contribution in [1.29, 1.82) is 0 Å². The Hall–Kier alpha value is -3.86. The van der Waals surface area contributed by atoms with Crippen LogP contribution < -0.4 is 15.4 Å². The molecule has 0 atom stereocenters. The number of hydrogen-bond acceptors (Lipinski definition) is 5. The van der Waals surface area contributed by atoms with Gasteiger partial charge < -0.3 is 10.6 Å².